The molecule has 0 atom stereocenters. The van der Waals surface area contributed by atoms with E-state index >= 15 is 0 Å². The second-order valence-corrected chi connectivity index (χ2v) is 9.05. The van der Waals surface area contributed by atoms with Crippen LogP contribution in [-0.4, -0.2) is 30.2 Å². The molecule has 0 unspecified atom stereocenters. The summed E-state index contributed by atoms with van der Waals surface area (Å²) in [5.41, 5.74) is -0.00884. The Kier molecular flexibility index (Phi) is 7.37. The van der Waals surface area contributed by atoms with E-state index in [9.17, 15) is 18.0 Å². The Morgan fingerprint density at radius 1 is 1.08 bits per heavy atom. The molecule has 5 rings (SSSR count). The second kappa shape index (κ2) is 10.2. The first-order valence-electron chi connectivity index (χ1n) is 9.98. The SMILES string of the molecule is Cl.O=C(Nc1cccn2c(CSc3nc4ncccc4[nH]3)c(C(F)(F)F)nc12)c1c(Cl)cccc1Cl. The number of hydrogen-bond acceptors (Lipinski definition) is 5. The molecular formula is C22H14Cl3F3N6OS. The number of benzene rings is 1. The monoisotopic (exact) mass is 572 g/mol. The molecule has 0 bridgehead atoms. The van der Waals surface area contributed by atoms with Crippen molar-refractivity contribution in [1.82, 2.24) is 24.3 Å². The molecule has 36 heavy (non-hydrogen) atoms. The van der Waals surface area contributed by atoms with Crippen LogP contribution in [0.2, 0.25) is 10.0 Å². The van der Waals surface area contributed by atoms with Crippen LogP contribution in [0.4, 0.5) is 18.9 Å². The van der Waals surface area contributed by atoms with E-state index in [-0.39, 0.29) is 50.8 Å². The Labute approximate surface area is 221 Å². The summed E-state index contributed by atoms with van der Waals surface area (Å²) in [6, 6.07) is 11.0. The molecule has 5 aromatic rings. The summed E-state index contributed by atoms with van der Waals surface area (Å²) in [6.45, 7) is 0. The van der Waals surface area contributed by atoms with Crippen molar-refractivity contribution < 1.29 is 18.0 Å². The first kappa shape index (κ1) is 26.1. The maximum Gasteiger partial charge on any atom is 0.435 e. The van der Waals surface area contributed by atoms with E-state index in [0.29, 0.717) is 16.3 Å². The number of pyridine rings is 2. The number of nitrogens with zero attached hydrogens (tertiary/aromatic N) is 4. The number of nitrogens with one attached hydrogen (secondary N) is 2. The number of rotatable bonds is 5. The molecule has 0 spiro atoms. The van der Waals surface area contributed by atoms with Gasteiger partial charge < -0.3 is 14.7 Å². The normalized spacial score (nSPS) is 11.6. The van der Waals surface area contributed by atoms with E-state index in [1.54, 1.807) is 24.4 Å². The summed E-state index contributed by atoms with van der Waals surface area (Å²) in [4.78, 5) is 28.1. The molecule has 4 aromatic heterocycles. The van der Waals surface area contributed by atoms with Crippen LogP contribution >= 0.6 is 47.4 Å². The minimum atomic E-state index is -4.72. The smallest absolute Gasteiger partial charge is 0.332 e. The van der Waals surface area contributed by atoms with E-state index in [2.05, 4.69) is 25.3 Å². The molecule has 14 heteroatoms. The number of alkyl halides is 3. The third kappa shape index (κ3) is 4.96. The van der Waals surface area contributed by atoms with Gasteiger partial charge in [0.15, 0.2) is 22.1 Å². The van der Waals surface area contributed by atoms with Gasteiger partial charge in [0, 0.05) is 18.1 Å². The molecule has 0 saturated carbocycles. The van der Waals surface area contributed by atoms with E-state index in [1.807, 2.05) is 0 Å². The molecule has 0 radical (unpaired) electrons. The molecule has 1 aromatic carbocycles. The molecule has 0 fully saturated rings. The number of thioether (sulfide) groups is 1. The van der Waals surface area contributed by atoms with Crippen molar-refractivity contribution in [3.05, 3.63) is 81.9 Å². The number of imidazole rings is 2. The van der Waals surface area contributed by atoms with Crippen molar-refractivity contribution in [2.45, 2.75) is 17.1 Å². The van der Waals surface area contributed by atoms with E-state index in [1.165, 1.54) is 34.9 Å². The van der Waals surface area contributed by atoms with Gasteiger partial charge in [-0.15, -0.1) is 12.4 Å². The Balaban J connectivity index is 0.00000304. The number of hydrogen-bond donors (Lipinski definition) is 2. The van der Waals surface area contributed by atoms with Gasteiger partial charge in [0.25, 0.3) is 5.91 Å². The average molecular weight is 574 g/mol. The molecule has 4 heterocycles. The maximum atomic E-state index is 13.9. The molecule has 0 aliphatic heterocycles. The predicted octanol–water partition coefficient (Wildman–Crippen LogP) is 6.90. The molecule has 0 aliphatic carbocycles. The summed E-state index contributed by atoms with van der Waals surface area (Å²) in [5.74, 6) is -0.764. The van der Waals surface area contributed by atoms with Gasteiger partial charge in [-0.2, -0.15) is 13.2 Å². The minimum Gasteiger partial charge on any atom is -0.332 e. The summed E-state index contributed by atoms with van der Waals surface area (Å²) < 4.78 is 43.0. The van der Waals surface area contributed by atoms with Gasteiger partial charge in [-0.1, -0.05) is 41.0 Å². The second-order valence-electron chi connectivity index (χ2n) is 7.28. The Morgan fingerprint density at radius 3 is 2.53 bits per heavy atom. The van der Waals surface area contributed by atoms with Crippen molar-refractivity contribution in [1.29, 1.82) is 0 Å². The number of aromatic amines is 1. The fourth-order valence-corrected chi connectivity index (χ4v) is 4.96. The third-order valence-corrected chi connectivity index (χ3v) is 6.55. The fraction of sp³-hybridized carbons (Fsp3) is 0.0909. The summed E-state index contributed by atoms with van der Waals surface area (Å²) in [7, 11) is 0. The topological polar surface area (TPSA) is 88.0 Å². The Bertz CT molecular complexity index is 1530. The first-order valence-corrected chi connectivity index (χ1v) is 11.7. The van der Waals surface area contributed by atoms with Crippen LogP contribution in [0, 0.1) is 0 Å². The lowest BCUT2D eigenvalue weighted by atomic mass is 10.2. The number of aromatic nitrogens is 5. The van der Waals surface area contributed by atoms with Crippen LogP contribution in [0.3, 0.4) is 0 Å². The average Bonchev–Trinajstić information content (AvgIpc) is 3.39. The van der Waals surface area contributed by atoms with Crippen molar-refractivity contribution in [2.24, 2.45) is 0 Å². The Hall–Kier alpha value is -2.99. The lowest BCUT2D eigenvalue weighted by Gasteiger charge is -2.10. The number of anilines is 1. The number of carbonyl (C=O) groups is 1. The van der Waals surface area contributed by atoms with E-state index < -0.39 is 17.8 Å². The summed E-state index contributed by atoms with van der Waals surface area (Å²) >= 11 is 13.3. The quantitative estimate of drug-likeness (QED) is 0.223. The van der Waals surface area contributed by atoms with E-state index in [0.717, 1.165) is 11.8 Å². The lowest BCUT2D eigenvalue weighted by Crippen LogP contribution is -2.14. The highest BCUT2D eigenvalue weighted by Gasteiger charge is 2.38. The highest BCUT2D eigenvalue weighted by Crippen LogP contribution is 2.36. The lowest BCUT2D eigenvalue weighted by molar-refractivity contribution is -0.141. The molecule has 186 valence electrons. The molecular weight excluding hydrogens is 560 g/mol. The predicted molar refractivity (Wildman–Crippen MR) is 135 cm³/mol. The highest BCUT2D eigenvalue weighted by atomic mass is 35.5. The number of H-pyrrole nitrogens is 1. The van der Waals surface area contributed by atoms with Gasteiger partial charge in [-0.05, 0) is 36.4 Å². The van der Waals surface area contributed by atoms with Crippen molar-refractivity contribution in [3.63, 3.8) is 0 Å². The van der Waals surface area contributed by atoms with Gasteiger partial charge in [0.05, 0.1) is 32.5 Å². The first-order chi connectivity index (χ1) is 16.7. The summed E-state index contributed by atoms with van der Waals surface area (Å²) in [5, 5.41) is 3.21. The van der Waals surface area contributed by atoms with Gasteiger partial charge in [0.1, 0.15) is 0 Å². The minimum absolute atomic E-state index is 0. The largest absolute Gasteiger partial charge is 0.435 e. The van der Waals surface area contributed by atoms with Crippen LogP contribution in [0.25, 0.3) is 16.8 Å². The Morgan fingerprint density at radius 2 is 1.83 bits per heavy atom. The molecule has 2 N–H and O–H groups in total. The van der Waals surface area contributed by atoms with Crippen LogP contribution < -0.4 is 5.32 Å². The highest BCUT2D eigenvalue weighted by molar-refractivity contribution is 7.98. The van der Waals surface area contributed by atoms with Crippen molar-refractivity contribution in [3.8, 4) is 0 Å². The zero-order valence-corrected chi connectivity index (χ0v) is 21.0. The van der Waals surface area contributed by atoms with Crippen LogP contribution in [-0.2, 0) is 11.9 Å². The van der Waals surface area contributed by atoms with Gasteiger partial charge in [-0.25, -0.2) is 15.0 Å². The third-order valence-electron chi connectivity index (χ3n) is 5.04. The molecule has 0 saturated heterocycles. The maximum absolute atomic E-state index is 13.9. The van der Waals surface area contributed by atoms with E-state index in [4.69, 9.17) is 23.2 Å². The molecule has 0 aliphatic rings. The fourth-order valence-electron chi connectivity index (χ4n) is 3.51. The van der Waals surface area contributed by atoms with Crippen LogP contribution in [0.15, 0.2) is 60.0 Å². The molecule has 1 amide bonds. The number of carbonyl (C=O) groups excluding carboxylic acids is 1. The van der Waals surface area contributed by atoms with Crippen molar-refractivity contribution >= 4 is 75.8 Å². The zero-order chi connectivity index (χ0) is 24.7. The number of halogens is 6. The van der Waals surface area contributed by atoms with Gasteiger partial charge >= 0.3 is 6.18 Å². The van der Waals surface area contributed by atoms with Crippen molar-refractivity contribution in [2.75, 3.05) is 5.32 Å². The van der Waals surface area contributed by atoms with Crippen LogP contribution in [0.5, 0.6) is 0 Å². The number of amides is 1. The summed E-state index contributed by atoms with van der Waals surface area (Å²) in [6.07, 6.45) is -1.69. The number of fused-ring (bicyclic) bond motifs is 2. The van der Waals surface area contributed by atoms with Crippen LogP contribution in [0.1, 0.15) is 21.7 Å². The molecule has 7 nitrogen and oxygen atoms in total. The van der Waals surface area contributed by atoms with Gasteiger partial charge in [-0.3, -0.25) is 4.79 Å². The zero-order valence-electron chi connectivity index (χ0n) is 17.8. The standard InChI is InChI=1S/C22H13Cl2F3N6OS.ClH/c23-11-4-1-5-12(24)16(11)20(34)29-14-7-3-9-33-15(17(22(25,26)27)31-19(14)33)10-35-21-30-13-6-2-8-28-18(13)32-21;/h1-9H,10H2,(H,29,34)(H,28,30,32);1H. The van der Waals surface area contributed by atoms with Gasteiger partial charge in [0.2, 0.25) is 0 Å².